The van der Waals surface area contributed by atoms with Gasteiger partial charge >= 0.3 is 12.1 Å². The van der Waals surface area contributed by atoms with Crippen molar-refractivity contribution in [3.8, 4) is 0 Å². The van der Waals surface area contributed by atoms with Crippen LogP contribution in [0.1, 0.15) is 19.8 Å². The summed E-state index contributed by atoms with van der Waals surface area (Å²) in [6.07, 6.45) is -3.18. The number of halogens is 3. The molecule has 14 heavy (non-hydrogen) atoms. The van der Waals surface area contributed by atoms with Crippen molar-refractivity contribution in [1.82, 2.24) is 0 Å². The topological polar surface area (TPSA) is 26.3 Å². The van der Waals surface area contributed by atoms with Gasteiger partial charge in [0.2, 0.25) is 8.32 Å². The summed E-state index contributed by atoms with van der Waals surface area (Å²) in [5.74, 6) is -2.05. The lowest BCUT2D eigenvalue weighted by Crippen LogP contribution is -2.39. The Hall–Kier alpha value is -0.523. The molecule has 0 aliphatic heterocycles. The van der Waals surface area contributed by atoms with E-state index in [0.29, 0.717) is 6.04 Å². The molecule has 0 bridgehead atoms. The molecular weight excluding hydrogens is 213 g/mol. The van der Waals surface area contributed by atoms with Gasteiger partial charge in [0.25, 0.3) is 0 Å². The van der Waals surface area contributed by atoms with Crippen molar-refractivity contribution in [2.75, 3.05) is 0 Å². The molecule has 84 valence electrons. The van der Waals surface area contributed by atoms with Crippen molar-refractivity contribution in [1.29, 1.82) is 0 Å². The van der Waals surface area contributed by atoms with Gasteiger partial charge in [-0.1, -0.05) is 19.8 Å². The van der Waals surface area contributed by atoms with Crippen LogP contribution in [0.25, 0.3) is 0 Å². The van der Waals surface area contributed by atoms with Crippen LogP contribution in [-0.2, 0) is 9.22 Å². The van der Waals surface area contributed by atoms with Crippen LogP contribution in [0.3, 0.4) is 0 Å². The largest absolute Gasteiger partial charge is 0.513 e. The molecule has 0 saturated heterocycles. The fourth-order valence-electron chi connectivity index (χ4n) is 0.962. The van der Waals surface area contributed by atoms with E-state index in [-0.39, 0.29) is 0 Å². The Morgan fingerprint density at radius 1 is 1.36 bits per heavy atom. The third-order valence-corrected chi connectivity index (χ3v) is 4.03. The molecule has 0 spiro atoms. The summed E-state index contributed by atoms with van der Waals surface area (Å²) in [4.78, 5) is 10.5. The number of hydrogen-bond donors (Lipinski definition) is 0. The van der Waals surface area contributed by atoms with Crippen molar-refractivity contribution >= 4 is 14.3 Å². The molecule has 0 aliphatic rings. The van der Waals surface area contributed by atoms with Gasteiger partial charge in [-0.15, -0.1) is 0 Å². The zero-order valence-electron chi connectivity index (χ0n) is 8.57. The molecule has 0 radical (unpaired) electrons. The van der Waals surface area contributed by atoms with E-state index in [1.54, 1.807) is 13.1 Å². The second-order valence-corrected chi connectivity index (χ2v) is 7.97. The van der Waals surface area contributed by atoms with E-state index >= 15 is 0 Å². The molecule has 0 heterocycles. The highest BCUT2D eigenvalue weighted by molar-refractivity contribution is 6.72. The highest BCUT2D eigenvalue weighted by atomic mass is 28.4. The predicted octanol–water partition coefficient (Wildman–Crippen LogP) is 3.10. The normalized spacial score (nSPS) is 12.7. The summed E-state index contributed by atoms with van der Waals surface area (Å²) in [5.41, 5.74) is 0. The number of unbranched alkanes of at least 4 members (excludes halogenated alkanes) is 1. The van der Waals surface area contributed by atoms with Gasteiger partial charge in [0, 0.05) is 0 Å². The summed E-state index contributed by atoms with van der Waals surface area (Å²) < 4.78 is 40.0. The first-order valence-corrected chi connectivity index (χ1v) is 7.61. The molecule has 0 aromatic heterocycles. The maximum absolute atomic E-state index is 11.8. The number of carbonyl (C=O) groups is 1. The summed E-state index contributed by atoms with van der Waals surface area (Å²) in [6, 6.07) is 0.575. The van der Waals surface area contributed by atoms with E-state index in [9.17, 15) is 18.0 Å². The highest BCUT2D eigenvalue weighted by Gasteiger charge is 2.44. The van der Waals surface area contributed by atoms with Crippen LogP contribution in [0.4, 0.5) is 13.2 Å². The number of hydrogen-bond acceptors (Lipinski definition) is 2. The lowest BCUT2D eigenvalue weighted by molar-refractivity contribution is -0.190. The minimum atomic E-state index is -4.86. The first-order valence-electron chi connectivity index (χ1n) is 4.49. The van der Waals surface area contributed by atoms with Gasteiger partial charge in [0.15, 0.2) is 0 Å². The summed E-state index contributed by atoms with van der Waals surface area (Å²) in [6.45, 7) is 5.18. The monoisotopic (exact) mass is 228 g/mol. The molecule has 0 N–H and O–H groups in total. The Kier molecular flexibility index (Phi) is 4.63. The van der Waals surface area contributed by atoms with Gasteiger partial charge in [-0.2, -0.15) is 13.2 Å². The maximum Gasteiger partial charge on any atom is 0.489 e. The van der Waals surface area contributed by atoms with Crippen LogP contribution < -0.4 is 0 Å². The summed E-state index contributed by atoms with van der Waals surface area (Å²) in [5, 5.41) is 0. The summed E-state index contributed by atoms with van der Waals surface area (Å²) in [7, 11) is -2.47. The minimum absolute atomic E-state index is 0.575. The van der Waals surface area contributed by atoms with Crippen LogP contribution in [0.2, 0.25) is 19.1 Å². The Morgan fingerprint density at radius 2 is 1.86 bits per heavy atom. The number of carbonyl (C=O) groups excluding carboxylic acids is 1. The standard InChI is InChI=1S/C8H15F3O2Si/c1-4-5-6-14(2,3)13-7(12)8(9,10)11/h4-6H2,1-3H3. The van der Waals surface area contributed by atoms with Gasteiger partial charge in [-0.05, 0) is 19.1 Å². The van der Waals surface area contributed by atoms with E-state index < -0.39 is 20.5 Å². The van der Waals surface area contributed by atoms with Gasteiger partial charge in [0.05, 0.1) is 0 Å². The summed E-state index contributed by atoms with van der Waals surface area (Å²) >= 11 is 0. The molecule has 0 unspecified atom stereocenters. The van der Waals surface area contributed by atoms with E-state index in [1.807, 2.05) is 6.92 Å². The SMILES string of the molecule is CCCC[Si](C)(C)OC(=O)C(F)(F)F. The Bertz CT molecular complexity index is 201. The van der Waals surface area contributed by atoms with Crippen molar-refractivity contribution in [3.63, 3.8) is 0 Å². The Labute approximate surface area is 82.6 Å². The molecule has 0 saturated carbocycles. The average molecular weight is 228 g/mol. The molecule has 0 atom stereocenters. The van der Waals surface area contributed by atoms with Crippen molar-refractivity contribution in [2.24, 2.45) is 0 Å². The Morgan fingerprint density at radius 3 is 2.21 bits per heavy atom. The Balaban J connectivity index is 4.15. The fraction of sp³-hybridized carbons (Fsp3) is 0.875. The zero-order chi connectivity index (χ0) is 11.4. The van der Waals surface area contributed by atoms with Crippen molar-refractivity contribution in [3.05, 3.63) is 0 Å². The molecule has 2 nitrogen and oxygen atoms in total. The first-order chi connectivity index (χ1) is 6.19. The predicted molar refractivity (Wildman–Crippen MR) is 49.3 cm³/mol. The molecule has 0 aromatic rings. The zero-order valence-corrected chi connectivity index (χ0v) is 9.57. The highest BCUT2D eigenvalue weighted by Crippen LogP contribution is 2.22. The van der Waals surface area contributed by atoms with Gasteiger partial charge in [0.1, 0.15) is 0 Å². The molecule has 6 heteroatoms. The second kappa shape index (κ2) is 4.81. The molecule has 0 rings (SSSR count). The lowest BCUT2D eigenvalue weighted by atomic mass is 10.4. The van der Waals surface area contributed by atoms with Crippen LogP contribution in [0.5, 0.6) is 0 Å². The van der Waals surface area contributed by atoms with E-state index in [4.69, 9.17) is 0 Å². The molecule has 0 aromatic carbocycles. The van der Waals surface area contributed by atoms with Crippen LogP contribution in [0.15, 0.2) is 0 Å². The third kappa shape index (κ3) is 5.26. The van der Waals surface area contributed by atoms with Crippen LogP contribution in [-0.4, -0.2) is 20.5 Å². The molecule has 0 amide bonds. The van der Waals surface area contributed by atoms with Gasteiger partial charge in [-0.25, -0.2) is 4.79 Å². The minimum Gasteiger partial charge on any atom is -0.513 e. The molecular formula is C8H15F3O2Si. The van der Waals surface area contributed by atoms with Crippen LogP contribution >= 0.6 is 0 Å². The second-order valence-electron chi connectivity index (χ2n) is 3.75. The average Bonchev–Trinajstić information content (AvgIpc) is 1.98. The van der Waals surface area contributed by atoms with Gasteiger partial charge < -0.3 is 4.43 Å². The maximum atomic E-state index is 11.8. The number of rotatable bonds is 4. The third-order valence-electron chi connectivity index (χ3n) is 1.73. The van der Waals surface area contributed by atoms with Gasteiger partial charge in [-0.3, -0.25) is 0 Å². The van der Waals surface area contributed by atoms with E-state index in [1.165, 1.54) is 0 Å². The van der Waals surface area contributed by atoms with Crippen molar-refractivity contribution in [2.45, 2.75) is 45.1 Å². The first kappa shape index (κ1) is 13.5. The molecule has 0 fully saturated rings. The quantitative estimate of drug-likeness (QED) is 0.691. The van der Waals surface area contributed by atoms with E-state index in [2.05, 4.69) is 4.43 Å². The van der Waals surface area contributed by atoms with Crippen molar-refractivity contribution < 1.29 is 22.4 Å². The number of alkyl halides is 3. The lowest BCUT2D eigenvalue weighted by Gasteiger charge is -2.22. The van der Waals surface area contributed by atoms with E-state index in [0.717, 1.165) is 12.8 Å². The smallest absolute Gasteiger partial charge is 0.489 e. The van der Waals surface area contributed by atoms with Crippen LogP contribution in [0, 0.1) is 0 Å². The molecule has 0 aliphatic carbocycles. The fourth-order valence-corrected chi connectivity index (χ4v) is 2.89.